The van der Waals surface area contributed by atoms with E-state index in [1.807, 2.05) is 6.08 Å². The average molecular weight is 224 g/mol. The predicted octanol–water partition coefficient (Wildman–Crippen LogP) is 1.22. The maximum atomic E-state index is 11.5. The molecule has 1 aliphatic rings. The van der Waals surface area contributed by atoms with Crippen molar-refractivity contribution in [3.8, 4) is 0 Å². The molecule has 0 aliphatic heterocycles. The van der Waals surface area contributed by atoms with Crippen molar-refractivity contribution >= 4 is 11.6 Å². The Morgan fingerprint density at radius 3 is 3.07 bits per heavy atom. The fourth-order valence-corrected chi connectivity index (χ4v) is 1.73. The normalized spacial score (nSPS) is 20.7. The molecule has 1 heterocycles. The van der Waals surface area contributed by atoms with E-state index in [2.05, 4.69) is 10.2 Å². The lowest BCUT2D eigenvalue weighted by molar-refractivity contribution is 0.803. The molecule has 78 valence electrons. The Labute approximate surface area is 91.4 Å². The molecule has 0 saturated heterocycles. The number of allylic oxidation sites excluding steroid dienone is 3. The van der Waals surface area contributed by atoms with Gasteiger partial charge in [-0.05, 0) is 12.5 Å². The Kier molecular flexibility index (Phi) is 2.60. The number of halogens is 1. The lowest BCUT2D eigenvalue weighted by Crippen LogP contribution is -2.18. The van der Waals surface area contributed by atoms with E-state index in [1.165, 1.54) is 0 Å². The van der Waals surface area contributed by atoms with Crippen molar-refractivity contribution in [2.75, 3.05) is 0 Å². The van der Waals surface area contributed by atoms with Crippen LogP contribution in [-0.4, -0.2) is 10.2 Å². The van der Waals surface area contributed by atoms with Crippen LogP contribution < -0.4 is 11.3 Å². The maximum absolute atomic E-state index is 11.5. The van der Waals surface area contributed by atoms with Crippen molar-refractivity contribution in [2.24, 2.45) is 5.73 Å². The van der Waals surface area contributed by atoms with E-state index in [0.29, 0.717) is 22.7 Å². The molecule has 0 spiro atoms. The van der Waals surface area contributed by atoms with Crippen molar-refractivity contribution in [1.29, 1.82) is 0 Å². The average Bonchev–Trinajstić information content (AvgIpc) is 2.23. The minimum atomic E-state index is -0.182. The van der Waals surface area contributed by atoms with Gasteiger partial charge in [-0.1, -0.05) is 23.8 Å². The molecule has 1 aromatic rings. The maximum Gasteiger partial charge on any atom is 0.267 e. The third kappa shape index (κ3) is 1.94. The Morgan fingerprint density at radius 2 is 2.40 bits per heavy atom. The van der Waals surface area contributed by atoms with Crippen LogP contribution in [0.5, 0.6) is 0 Å². The molecule has 3 N–H and O–H groups in total. The molecule has 0 fully saturated rings. The number of nitrogens with zero attached hydrogens (tertiary/aromatic N) is 1. The highest BCUT2D eigenvalue weighted by Gasteiger charge is 2.16. The lowest BCUT2D eigenvalue weighted by atomic mass is 9.93. The van der Waals surface area contributed by atoms with Crippen LogP contribution in [0.25, 0.3) is 0 Å². The van der Waals surface area contributed by atoms with Gasteiger partial charge >= 0.3 is 0 Å². The van der Waals surface area contributed by atoms with Gasteiger partial charge in [0.05, 0.1) is 5.03 Å². The van der Waals surface area contributed by atoms with Gasteiger partial charge in [-0.3, -0.25) is 4.79 Å². The SMILES string of the molecule is NC1=CC(c2ccn[nH]c2=O)CC=C1Cl. The molecule has 0 aromatic carbocycles. The van der Waals surface area contributed by atoms with Gasteiger partial charge in [-0.25, -0.2) is 5.10 Å². The van der Waals surface area contributed by atoms with Crippen molar-refractivity contribution in [2.45, 2.75) is 12.3 Å². The van der Waals surface area contributed by atoms with Gasteiger partial charge in [0.25, 0.3) is 5.56 Å². The number of aromatic nitrogens is 2. The number of hydrogen-bond donors (Lipinski definition) is 2. The number of nitrogens with one attached hydrogen (secondary N) is 1. The van der Waals surface area contributed by atoms with Crippen LogP contribution in [0, 0.1) is 0 Å². The number of nitrogens with two attached hydrogens (primary N) is 1. The molecule has 1 unspecified atom stereocenters. The van der Waals surface area contributed by atoms with Gasteiger partial charge in [-0.15, -0.1) is 0 Å². The quantitative estimate of drug-likeness (QED) is 0.752. The van der Waals surface area contributed by atoms with Crippen LogP contribution in [0.3, 0.4) is 0 Å². The Bertz CT molecular complexity index is 489. The van der Waals surface area contributed by atoms with Crippen LogP contribution in [0.2, 0.25) is 0 Å². The van der Waals surface area contributed by atoms with Gasteiger partial charge < -0.3 is 5.73 Å². The van der Waals surface area contributed by atoms with Gasteiger partial charge in [0.2, 0.25) is 0 Å². The smallest absolute Gasteiger partial charge is 0.267 e. The first-order valence-electron chi connectivity index (χ1n) is 4.55. The molecular formula is C10H10ClN3O. The summed E-state index contributed by atoms with van der Waals surface area (Å²) in [6.07, 6.45) is 5.86. The first-order valence-corrected chi connectivity index (χ1v) is 4.93. The highest BCUT2D eigenvalue weighted by molar-refractivity contribution is 6.31. The van der Waals surface area contributed by atoms with Crippen LogP contribution in [0.4, 0.5) is 0 Å². The van der Waals surface area contributed by atoms with Gasteiger partial charge in [0.15, 0.2) is 0 Å². The topological polar surface area (TPSA) is 71.8 Å². The van der Waals surface area contributed by atoms with Crippen molar-refractivity contribution in [3.63, 3.8) is 0 Å². The van der Waals surface area contributed by atoms with E-state index in [0.717, 1.165) is 0 Å². The second-order valence-corrected chi connectivity index (χ2v) is 3.76. The minimum absolute atomic E-state index is 0.0146. The molecule has 0 amide bonds. The zero-order chi connectivity index (χ0) is 10.8. The third-order valence-electron chi connectivity index (χ3n) is 2.36. The molecule has 0 radical (unpaired) electrons. The molecule has 4 nitrogen and oxygen atoms in total. The largest absolute Gasteiger partial charge is 0.398 e. The van der Waals surface area contributed by atoms with E-state index in [9.17, 15) is 4.79 Å². The van der Waals surface area contributed by atoms with Crippen molar-refractivity contribution in [1.82, 2.24) is 10.2 Å². The molecular weight excluding hydrogens is 214 g/mol. The molecule has 1 aromatic heterocycles. The van der Waals surface area contributed by atoms with Gasteiger partial charge in [0.1, 0.15) is 0 Å². The minimum Gasteiger partial charge on any atom is -0.398 e. The summed E-state index contributed by atoms with van der Waals surface area (Å²) in [6.45, 7) is 0. The van der Waals surface area contributed by atoms with Crippen LogP contribution >= 0.6 is 11.6 Å². The molecule has 15 heavy (non-hydrogen) atoms. The van der Waals surface area contributed by atoms with E-state index in [4.69, 9.17) is 17.3 Å². The van der Waals surface area contributed by atoms with Gasteiger partial charge in [0, 0.05) is 23.4 Å². The summed E-state index contributed by atoms with van der Waals surface area (Å²) >= 11 is 5.83. The first-order chi connectivity index (χ1) is 7.18. The van der Waals surface area contributed by atoms with Crippen LogP contribution in [0.15, 0.2) is 39.9 Å². The zero-order valence-electron chi connectivity index (χ0n) is 7.90. The summed E-state index contributed by atoms with van der Waals surface area (Å²) < 4.78 is 0. The molecule has 0 bridgehead atoms. The highest BCUT2D eigenvalue weighted by atomic mass is 35.5. The lowest BCUT2D eigenvalue weighted by Gasteiger charge is -2.15. The number of rotatable bonds is 1. The van der Waals surface area contributed by atoms with Crippen molar-refractivity contribution < 1.29 is 0 Å². The summed E-state index contributed by atoms with van der Waals surface area (Å²) in [5.41, 5.74) is 6.68. The number of aromatic amines is 1. The highest BCUT2D eigenvalue weighted by Crippen LogP contribution is 2.28. The number of H-pyrrole nitrogens is 1. The molecule has 0 saturated carbocycles. The Balaban J connectivity index is 2.37. The third-order valence-corrected chi connectivity index (χ3v) is 2.74. The first kappa shape index (κ1) is 9.98. The molecule has 1 aliphatic carbocycles. The van der Waals surface area contributed by atoms with E-state index < -0.39 is 0 Å². The van der Waals surface area contributed by atoms with Crippen LogP contribution in [0.1, 0.15) is 17.9 Å². The summed E-state index contributed by atoms with van der Waals surface area (Å²) in [5.74, 6) is -0.0146. The fraction of sp³-hybridized carbons (Fsp3) is 0.200. The Morgan fingerprint density at radius 1 is 1.60 bits per heavy atom. The van der Waals surface area contributed by atoms with Crippen molar-refractivity contribution in [3.05, 3.63) is 51.1 Å². The second-order valence-electron chi connectivity index (χ2n) is 3.36. The number of hydrogen-bond acceptors (Lipinski definition) is 3. The molecule has 1 atom stereocenters. The van der Waals surface area contributed by atoms with E-state index in [-0.39, 0.29) is 11.5 Å². The molecule has 2 rings (SSSR count). The van der Waals surface area contributed by atoms with E-state index >= 15 is 0 Å². The molecule has 5 heteroatoms. The second kappa shape index (κ2) is 3.90. The summed E-state index contributed by atoms with van der Waals surface area (Å²) in [4.78, 5) is 11.5. The zero-order valence-corrected chi connectivity index (χ0v) is 8.66. The van der Waals surface area contributed by atoms with Crippen LogP contribution in [-0.2, 0) is 0 Å². The van der Waals surface area contributed by atoms with Gasteiger partial charge in [-0.2, -0.15) is 5.10 Å². The summed E-state index contributed by atoms with van der Waals surface area (Å²) in [5, 5.41) is 6.59. The van der Waals surface area contributed by atoms with E-state index in [1.54, 1.807) is 18.3 Å². The summed E-state index contributed by atoms with van der Waals surface area (Å²) in [7, 11) is 0. The monoisotopic (exact) mass is 223 g/mol. The summed E-state index contributed by atoms with van der Waals surface area (Å²) in [6, 6.07) is 1.69. The Hall–Kier alpha value is -1.55. The fourth-order valence-electron chi connectivity index (χ4n) is 1.58. The standard InChI is InChI=1S/C10H10ClN3O/c11-8-2-1-6(5-9(8)12)7-3-4-13-14-10(7)15/h2-6H,1,12H2,(H,14,15). The predicted molar refractivity (Wildman–Crippen MR) is 58.4 cm³/mol.